The van der Waals surface area contributed by atoms with Gasteiger partial charge in [0.25, 0.3) is 0 Å². The average Bonchev–Trinajstić information content (AvgIpc) is 2.64. The second kappa shape index (κ2) is 2.73. The fourth-order valence-corrected chi connectivity index (χ4v) is 1.79. The molecule has 3 nitrogen and oxygen atoms in total. The molecule has 2 rings (SSSR count). The van der Waals surface area contributed by atoms with E-state index in [0.717, 1.165) is 19.6 Å². The van der Waals surface area contributed by atoms with Crippen molar-refractivity contribution in [2.45, 2.75) is 25.9 Å². The van der Waals surface area contributed by atoms with Crippen LogP contribution >= 0.6 is 0 Å². The topological polar surface area (TPSA) is 33.3 Å². The van der Waals surface area contributed by atoms with Crippen LogP contribution in [0.3, 0.4) is 0 Å². The van der Waals surface area contributed by atoms with Crippen LogP contribution in [0.4, 0.5) is 0 Å². The van der Waals surface area contributed by atoms with Crippen LogP contribution in [0.1, 0.15) is 19.8 Å². The van der Waals surface area contributed by atoms with Gasteiger partial charge in [0.1, 0.15) is 0 Å². The second-order valence-electron chi connectivity index (χ2n) is 3.60. The summed E-state index contributed by atoms with van der Waals surface area (Å²) in [6.07, 6.45) is 3.11. The normalized spacial score (nSPS) is 33.0. The minimum atomic E-state index is 0.419. The molecule has 1 spiro atoms. The van der Waals surface area contributed by atoms with Gasteiger partial charge in [-0.3, -0.25) is 4.84 Å². The van der Waals surface area contributed by atoms with Gasteiger partial charge in [0.2, 0.25) is 0 Å². The Morgan fingerprint density at radius 2 is 2.45 bits per heavy atom. The van der Waals surface area contributed by atoms with E-state index in [0.29, 0.717) is 11.5 Å². The van der Waals surface area contributed by atoms with Crippen molar-refractivity contribution in [3.8, 4) is 0 Å². The fraction of sp³-hybridized carbons (Fsp3) is 1.00. The van der Waals surface area contributed by atoms with Gasteiger partial charge in [-0.15, -0.1) is 0 Å². The third-order valence-corrected chi connectivity index (χ3v) is 2.75. The van der Waals surface area contributed by atoms with E-state index in [-0.39, 0.29) is 0 Å². The predicted octanol–water partition coefficient (Wildman–Crippen LogP) is 0.279. The molecule has 1 unspecified atom stereocenters. The van der Waals surface area contributed by atoms with E-state index in [4.69, 9.17) is 4.84 Å². The van der Waals surface area contributed by atoms with E-state index in [9.17, 15) is 0 Å². The molecule has 11 heavy (non-hydrogen) atoms. The lowest BCUT2D eigenvalue weighted by Crippen LogP contribution is -2.30. The first-order valence-electron chi connectivity index (χ1n) is 4.47. The van der Waals surface area contributed by atoms with Crippen LogP contribution < -0.4 is 10.8 Å². The molecule has 1 saturated carbocycles. The first-order chi connectivity index (χ1) is 5.37. The summed E-state index contributed by atoms with van der Waals surface area (Å²) < 4.78 is 0. The average molecular weight is 156 g/mol. The van der Waals surface area contributed by atoms with Gasteiger partial charge >= 0.3 is 0 Å². The Kier molecular flexibility index (Phi) is 1.87. The third kappa shape index (κ3) is 1.28. The Balaban J connectivity index is 1.83. The third-order valence-electron chi connectivity index (χ3n) is 2.75. The molecule has 2 aliphatic rings. The summed E-state index contributed by atoms with van der Waals surface area (Å²) in [5, 5.41) is 3.37. The monoisotopic (exact) mass is 156 g/mol. The maximum atomic E-state index is 5.52. The maximum Gasteiger partial charge on any atom is 0.0982 e. The summed E-state index contributed by atoms with van der Waals surface area (Å²) in [7, 11) is 0. The molecule has 2 N–H and O–H groups in total. The number of hydrogen-bond donors (Lipinski definition) is 2. The molecule has 0 aromatic heterocycles. The van der Waals surface area contributed by atoms with Crippen LogP contribution in [0.5, 0.6) is 0 Å². The molecule has 64 valence electrons. The van der Waals surface area contributed by atoms with Crippen molar-refractivity contribution in [2.75, 3.05) is 19.6 Å². The highest BCUT2D eigenvalue weighted by Crippen LogP contribution is 2.51. The second-order valence-corrected chi connectivity index (χ2v) is 3.60. The van der Waals surface area contributed by atoms with E-state index >= 15 is 0 Å². The number of nitrogens with one attached hydrogen (secondary N) is 2. The molecule has 0 amide bonds. The molecule has 0 bridgehead atoms. The molecule has 3 heteroatoms. The van der Waals surface area contributed by atoms with Crippen molar-refractivity contribution in [1.29, 1.82) is 0 Å². The summed E-state index contributed by atoms with van der Waals surface area (Å²) in [6.45, 7) is 5.13. The van der Waals surface area contributed by atoms with Crippen LogP contribution in [-0.2, 0) is 4.84 Å². The van der Waals surface area contributed by atoms with E-state index in [1.165, 1.54) is 12.8 Å². The molecule has 1 saturated heterocycles. The number of rotatable bonds is 3. The zero-order valence-electron chi connectivity index (χ0n) is 7.02. The zero-order valence-corrected chi connectivity index (χ0v) is 7.02. The molecule has 0 aromatic carbocycles. The molecule has 1 atom stereocenters. The van der Waals surface area contributed by atoms with Crippen molar-refractivity contribution in [3.05, 3.63) is 0 Å². The summed E-state index contributed by atoms with van der Waals surface area (Å²) in [4.78, 5) is 5.52. The van der Waals surface area contributed by atoms with E-state index in [1.54, 1.807) is 0 Å². The van der Waals surface area contributed by atoms with Gasteiger partial charge in [0.15, 0.2) is 0 Å². The SMILES string of the molecule is CCNOC1CNCC12CC2. The molecule has 2 fully saturated rings. The van der Waals surface area contributed by atoms with Gasteiger partial charge in [-0.1, -0.05) is 6.92 Å². The molecule has 1 aliphatic heterocycles. The van der Waals surface area contributed by atoms with Crippen molar-refractivity contribution < 1.29 is 4.84 Å². The van der Waals surface area contributed by atoms with Crippen LogP contribution in [0, 0.1) is 5.41 Å². The molecule has 0 aromatic rings. The lowest BCUT2D eigenvalue weighted by atomic mass is 10.0. The maximum absolute atomic E-state index is 5.52. The Bertz CT molecular complexity index is 145. The van der Waals surface area contributed by atoms with E-state index < -0.39 is 0 Å². The first-order valence-corrected chi connectivity index (χ1v) is 4.47. The Hall–Kier alpha value is -0.120. The van der Waals surface area contributed by atoms with E-state index in [1.807, 2.05) is 0 Å². The van der Waals surface area contributed by atoms with Crippen LogP contribution in [0.15, 0.2) is 0 Å². The Labute approximate surface area is 67.4 Å². The smallest absolute Gasteiger partial charge is 0.0982 e. The quantitative estimate of drug-likeness (QED) is 0.576. The summed E-state index contributed by atoms with van der Waals surface area (Å²) >= 11 is 0. The van der Waals surface area contributed by atoms with Gasteiger partial charge in [0.05, 0.1) is 6.10 Å². The standard InChI is InChI=1S/C8H16N2O/c1-2-10-11-7-5-9-6-8(7)3-4-8/h7,9-10H,2-6H2,1H3. The fourth-order valence-electron chi connectivity index (χ4n) is 1.79. The van der Waals surface area contributed by atoms with Crippen molar-refractivity contribution in [1.82, 2.24) is 10.8 Å². The van der Waals surface area contributed by atoms with Crippen molar-refractivity contribution in [2.24, 2.45) is 5.41 Å². The predicted molar refractivity (Wildman–Crippen MR) is 43.1 cm³/mol. The van der Waals surface area contributed by atoms with Crippen LogP contribution in [0.25, 0.3) is 0 Å². The van der Waals surface area contributed by atoms with Crippen molar-refractivity contribution in [3.63, 3.8) is 0 Å². The van der Waals surface area contributed by atoms with Gasteiger partial charge in [-0.2, -0.15) is 0 Å². The lowest BCUT2D eigenvalue weighted by molar-refractivity contribution is -0.0397. The molecular weight excluding hydrogens is 140 g/mol. The summed E-state index contributed by atoms with van der Waals surface area (Å²) in [5.41, 5.74) is 3.46. The molecule has 1 heterocycles. The number of hydroxylamine groups is 1. The first kappa shape index (κ1) is 7.53. The highest BCUT2D eigenvalue weighted by Gasteiger charge is 2.53. The Morgan fingerprint density at radius 3 is 3.09 bits per heavy atom. The molecule has 1 aliphatic carbocycles. The molecule has 0 radical (unpaired) electrons. The minimum Gasteiger partial charge on any atom is -0.313 e. The molecular formula is C8H16N2O. The van der Waals surface area contributed by atoms with E-state index in [2.05, 4.69) is 17.7 Å². The summed E-state index contributed by atoms with van der Waals surface area (Å²) in [6, 6.07) is 0. The van der Waals surface area contributed by atoms with Crippen LogP contribution in [-0.4, -0.2) is 25.7 Å². The van der Waals surface area contributed by atoms with Crippen molar-refractivity contribution >= 4 is 0 Å². The number of hydrogen-bond acceptors (Lipinski definition) is 3. The van der Waals surface area contributed by atoms with Gasteiger partial charge in [-0.05, 0) is 12.8 Å². The zero-order chi connectivity index (χ0) is 7.73. The van der Waals surface area contributed by atoms with Gasteiger partial charge in [-0.25, -0.2) is 5.48 Å². The largest absolute Gasteiger partial charge is 0.313 e. The minimum absolute atomic E-state index is 0.419. The highest BCUT2D eigenvalue weighted by molar-refractivity contribution is 5.05. The summed E-state index contributed by atoms with van der Waals surface area (Å²) in [5.74, 6) is 0. The highest BCUT2D eigenvalue weighted by atomic mass is 16.7. The van der Waals surface area contributed by atoms with Gasteiger partial charge < -0.3 is 5.32 Å². The van der Waals surface area contributed by atoms with Crippen LogP contribution in [0.2, 0.25) is 0 Å². The Morgan fingerprint density at radius 1 is 1.64 bits per heavy atom. The lowest BCUT2D eigenvalue weighted by Gasteiger charge is -2.16. The van der Waals surface area contributed by atoms with Gasteiger partial charge in [0, 0.05) is 25.0 Å².